The molecule has 120 valence electrons. The van der Waals surface area contributed by atoms with Crippen molar-refractivity contribution in [2.45, 2.75) is 25.6 Å². The molecule has 1 N–H and O–H groups in total. The normalized spacial score (nSPS) is 20.1. The van der Waals surface area contributed by atoms with E-state index in [0.717, 1.165) is 37.7 Å². The quantitative estimate of drug-likeness (QED) is 0.912. The second-order valence-corrected chi connectivity index (χ2v) is 5.50. The molecular weight excluding hydrogens is 301 g/mol. The Bertz CT molecular complexity index is 435. The Morgan fingerprint density at radius 3 is 2.76 bits per heavy atom. The van der Waals surface area contributed by atoms with Crippen molar-refractivity contribution in [3.63, 3.8) is 0 Å². The van der Waals surface area contributed by atoms with Crippen LogP contribution >= 0.6 is 12.4 Å². The zero-order valence-electron chi connectivity index (χ0n) is 12.1. The first-order valence-electron chi connectivity index (χ1n) is 7.02. The average Bonchev–Trinajstić information content (AvgIpc) is 2.39. The highest BCUT2D eigenvalue weighted by molar-refractivity contribution is 5.85. The van der Waals surface area contributed by atoms with Crippen LogP contribution in [0.3, 0.4) is 0 Å². The maximum atomic E-state index is 12.7. The molecule has 1 unspecified atom stereocenters. The minimum Gasteiger partial charge on any atom is -0.319 e. The van der Waals surface area contributed by atoms with Gasteiger partial charge in [0.25, 0.3) is 0 Å². The lowest BCUT2D eigenvalue weighted by molar-refractivity contribution is -0.137. The van der Waals surface area contributed by atoms with Gasteiger partial charge in [0.2, 0.25) is 0 Å². The van der Waals surface area contributed by atoms with Crippen molar-refractivity contribution in [3.8, 4) is 0 Å². The van der Waals surface area contributed by atoms with Gasteiger partial charge < -0.3 is 5.32 Å². The summed E-state index contributed by atoms with van der Waals surface area (Å²) in [6.45, 7) is 3.50. The molecule has 1 fully saturated rings. The van der Waals surface area contributed by atoms with Crippen molar-refractivity contribution < 1.29 is 13.2 Å². The summed E-state index contributed by atoms with van der Waals surface area (Å²) in [5, 5.41) is 3.18. The molecule has 0 saturated carbocycles. The number of nitrogens with one attached hydrogen (secondary N) is 1. The van der Waals surface area contributed by atoms with Crippen molar-refractivity contribution in [2.75, 3.05) is 26.7 Å². The number of alkyl halides is 3. The molecule has 1 atom stereocenters. The molecule has 1 aromatic rings. The van der Waals surface area contributed by atoms with E-state index >= 15 is 0 Å². The van der Waals surface area contributed by atoms with Gasteiger partial charge >= 0.3 is 6.18 Å². The minimum atomic E-state index is -4.26. The van der Waals surface area contributed by atoms with Crippen LogP contribution in [0.2, 0.25) is 0 Å². The van der Waals surface area contributed by atoms with Gasteiger partial charge in [-0.05, 0) is 50.5 Å². The first-order chi connectivity index (χ1) is 9.49. The van der Waals surface area contributed by atoms with E-state index in [2.05, 4.69) is 10.2 Å². The Morgan fingerprint density at radius 1 is 1.33 bits per heavy atom. The van der Waals surface area contributed by atoms with E-state index in [9.17, 15) is 13.2 Å². The van der Waals surface area contributed by atoms with Crippen LogP contribution in [0.5, 0.6) is 0 Å². The fourth-order valence-corrected chi connectivity index (χ4v) is 2.85. The summed E-state index contributed by atoms with van der Waals surface area (Å²) in [5.41, 5.74) is 0.184. The molecule has 0 radical (unpaired) electrons. The van der Waals surface area contributed by atoms with E-state index in [4.69, 9.17) is 0 Å². The van der Waals surface area contributed by atoms with Crippen LogP contribution in [0.25, 0.3) is 0 Å². The second-order valence-electron chi connectivity index (χ2n) is 5.50. The average molecular weight is 323 g/mol. The molecule has 0 bridgehead atoms. The molecule has 1 aliphatic heterocycles. The molecular formula is C15H22ClF3N2. The molecule has 0 aromatic heterocycles. The van der Waals surface area contributed by atoms with Crippen LogP contribution in [-0.4, -0.2) is 31.6 Å². The van der Waals surface area contributed by atoms with Crippen LogP contribution in [-0.2, 0) is 12.7 Å². The summed E-state index contributed by atoms with van der Waals surface area (Å²) in [5.74, 6) is 0.597. The third-order valence-corrected chi connectivity index (χ3v) is 3.76. The number of hydrogen-bond donors (Lipinski definition) is 1. The molecule has 1 saturated heterocycles. The van der Waals surface area contributed by atoms with Crippen molar-refractivity contribution >= 4 is 12.4 Å². The topological polar surface area (TPSA) is 15.3 Å². The van der Waals surface area contributed by atoms with E-state index in [1.54, 1.807) is 6.07 Å². The molecule has 0 amide bonds. The maximum Gasteiger partial charge on any atom is 0.416 e. The third-order valence-electron chi connectivity index (χ3n) is 3.76. The Hall–Kier alpha value is -0.780. The lowest BCUT2D eigenvalue weighted by Crippen LogP contribution is -2.38. The molecule has 1 aromatic carbocycles. The first-order valence-corrected chi connectivity index (χ1v) is 7.02. The summed E-state index contributed by atoms with van der Waals surface area (Å²) in [7, 11) is 1.94. The van der Waals surface area contributed by atoms with Gasteiger partial charge in [-0.15, -0.1) is 12.4 Å². The van der Waals surface area contributed by atoms with Gasteiger partial charge in [0.1, 0.15) is 0 Å². The van der Waals surface area contributed by atoms with E-state index in [1.165, 1.54) is 18.6 Å². The van der Waals surface area contributed by atoms with E-state index in [-0.39, 0.29) is 12.4 Å². The zero-order chi connectivity index (χ0) is 14.6. The standard InChI is InChI=1S/C15H21F3N2.ClH/c1-19-9-13-5-3-7-20(11-13)10-12-4-2-6-14(8-12)15(16,17)18;/h2,4,6,8,13,19H,3,5,7,9-11H2,1H3;1H. The predicted molar refractivity (Wildman–Crippen MR) is 80.6 cm³/mol. The van der Waals surface area contributed by atoms with Crippen molar-refractivity contribution in [1.82, 2.24) is 10.2 Å². The molecule has 21 heavy (non-hydrogen) atoms. The fourth-order valence-electron chi connectivity index (χ4n) is 2.85. The highest BCUT2D eigenvalue weighted by atomic mass is 35.5. The van der Waals surface area contributed by atoms with Crippen molar-refractivity contribution in [1.29, 1.82) is 0 Å². The smallest absolute Gasteiger partial charge is 0.319 e. The zero-order valence-corrected chi connectivity index (χ0v) is 12.9. The maximum absolute atomic E-state index is 12.7. The summed E-state index contributed by atoms with van der Waals surface area (Å²) in [6, 6.07) is 5.66. The van der Waals surface area contributed by atoms with Crippen LogP contribution in [0.1, 0.15) is 24.0 Å². The van der Waals surface area contributed by atoms with Gasteiger partial charge in [0, 0.05) is 13.1 Å². The van der Waals surface area contributed by atoms with Crippen LogP contribution in [0, 0.1) is 5.92 Å². The lowest BCUT2D eigenvalue weighted by Gasteiger charge is -2.32. The highest BCUT2D eigenvalue weighted by Crippen LogP contribution is 2.30. The Labute approximate surface area is 130 Å². The second kappa shape index (κ2) is 8.01. The minimum absolute atomic E-state index is 0. The first kappa shape index (κ1) is 18.3. The monoisotopic (exact) mass is 322 g/mol. The SMILES string of the molecule is CNCC1CCCN(Cc2cccc(C(F)(F)F)c2)C1.Cl. The van der Waals surface area contributed by atoms with Crippen molar-refractivity contribution in [2.24, 2.45) is 5.92 Å². The number of rotatable bonds is 4. The molecule has 1 heterocycles. The third kappa shape index (κ3) is 5.49. The molecule has 0 spiro atoms. The number of piperidine rings is 1. The number of likely N-dealkylation sites (tertiary alicyclic amines) is 1. The van der Waals surface area contributed by atoms with Crippen LogP contribution in [0.15, 0.2) is 24.3 Å². The van der Waals surface area contributed by atoms with Gasteiger partial charge in [0.15, 0.2) is 0 Å². The van der Waals surface area contributed by atoms with Crippen LogP contribution in [0.4, 0.5) is 13.2 Å². The largest absolute Gasteiger partial charge is 0.416 e. The molecule has 6 heteroatoms. The highest BCUT2D eigenvalue weighted by Gasteiger charge is 2.30. The number of halogens is 4. The van der Waals surface area contributed by atoms with Crippen molar-refractivity contribution in [3.05, 3.63) is 35.4 Å². The number of nitrogens with zero attached hydrogens (tertiary/aromatic N) is 1. The molecule has 2 nitrogen and oxygen atoms in total. The van der Waals surface area contributed by atoms with Gasteiger partial charge in [-0.2, -0.15) is 13.2 Å². The van der Waals surface area contributed by atoms with Gasteiger partial charge in [-0.3, -0.25) is 4.90 Å². The van der Waals surface area contributed by atoms with Gasteiger partial charge in [0.05, 0.1) is 5.56 Å². The summed E-state index contributed by atoms with van der Waals surface area (Å²) in [6.07, 6.45) is -1.95. The molecule has 1 aliphatic rings. The molecule has 0 aliphatic carbocycles. The lowest BCUT2D eigenvalue weighted by atomic mass is 9.97. The molecule has 2 rings (SSSR count). The Morgan fingerprint density at radius 2 is 2.10 bits per heavy atom. The number of hydrogen-bond acceptors (Lipinski definition) is 2. The van der Waals surface area contributed by atoms with E-state index < -0.39 is 11.7 Å². The Kier molecular flexibility index (Phi) is 6.97. The summed E-state index contributed by atoms with van der Waals surface area (Å²) in [4.78, 5) is 2.25. The summed E-state index contributed by atoms with van der Waals surface area (Å²) >= 11 is 0. The fraction of sp³-hybridized carbons (Fsp3) is 0.600. The van der Waals surface area contributed by atoms with Gasteiger partial charge in [-0.1, -0.05) is 18.2 Å². The number of benzene rings is 1. The summed E-state index contributed by atoms with van der Waals surface area (Å²) < 4.78 is 38.1. The van der Waals surface area contributed by atoms with Crippen LogP contribution < -0.4 is 5.32 Å². The Balaban J connectivity index is 0.00000220. The predicted octanol–water partition coefficient (Wildman–Crippen LogP) is 3.56. The van der Waals surface area contributed by atoms with E-state index in [0.29, 0.717) is 12.5 Å². The van der Waals surface area contributed by atoms with E-state index in [1.807, 2.05) is 7.05 Å². The van der Waals surface area contributed by atoms with Gasteiger partial charge in [-0.25, -0.2) is 0 Å².